The minimum atomic E-state index is -0.782. The summed E-state index contributed by atoms with van der Waals surface area (Å²) in [4.78, 5) is 13.8. The Morgan fingerprint density at radius 2 is 2.11 bits per heavy atom. The lowest BCUT2D eigenvalue weighted by Crippen LogP contribution is -2.53. The first-order valence-corrected chi connectivity index (χ1v) is 6.55. The number of carbonyl (C=O) groups is 1. The number of hydrogen-bond donors (Lipinski definition) is 1. The highest BCUT2D eigenvalue weighted by atomic mass is 16.6. The van der Waals surface area contributed by atoms with Gasteiger partial charge in [0.1, 0.15) is 11.3 Å². The van der Waals surface area contributed by atoms with Crippen molar-refractivity contribution in [2.75, 3.05) is 6.61 Å². The smallest absolute Gasteiger partial charge is 0.413 e. The van der Waals surface area contributed by atoms with E-state index < -0.39 is 29.6 Å². The van der Waals surface area contributed by atoms with Gasteiger partial charge in [-0.2, -0.15) is 0 Å². The molecule has 2 atom stereocenters. The summed E-state index contributed by atoms with van der Waals surface area (Å²) in [6.07, 6.45) is 2.17. The van der Waals surface area contributed by atoms with Crippen molar-refractivity contribution in [3.05, 3.63) is 12.2 Å². The van der Waals surface area contributed by atoms with Crippen molar-refractivity contribution < 1.29 is 19.4 Å². The standard InChI is InChI=1S/C14H25NO4/c1-7-8-11(16)10-9-18-14(5,6)15(10)12(17)19-13(2,3)4/h7-8,10-11,16H,9H2,1-6H3/b8-7+/t10-,11-/m0/s1. The fourth-order valence-corrected chi connectivity index (χ4v) is 2.08. The van der Waals surface area contributed by atoms with Crippen LogP contribution in [0, 0.1) is 0 Å². The Morgan fingerprint density at radius 3 is 2.58 bits per heavy atom. The molecule has 0 unspecified atom stereocenters. The molecule has 0 bridgehead atoms. The molecular formula is C14H25NO4. The molecule has 110 valence electrons. The second-order valence-electron chi connectivity index (χ2n) is 6.19. The van der Waals surface area contributed by atoms with Crippen molar-refractivity contribution >= 4 is 6.09 Å². The van der Waals surface area contributed by atoms with Crippen LogP contribution in [0.2, 0.25) is 0 Å². The fourth-order valence-electron chi connectivity index (χ4n) is 2.08. The number of hydrogen-bond acceptors (Lipinski definition) is 4. The predicted molar refractivity (Wildman–Crippen MR) is 72.7 cm³/mol. The molecule has 1 heterocycles. The summed E-state index contributed by atoms with van der Waals surface area (Å²) in [5.41, 5.74) is -1.36. The van der Waals surface area contributed by atoms with E-state index in [0.717, 1.165) is 0 Å². The maximum absolute atomic E-state index is 12.3. The second-order valence-corrected chi connectivity index (χ2v) is 6.19. The van der Waals surface area contributed by atoms with Gasteiger partial charge in [0.05, 0.1) is 18.8 Å². The van der Waals surface area contributed by atoms with E-state index in [0.29, 0.717) is 0 Å². The molecule has 1 saturated heterocycles. The quantitative estimate of drug-likeness (QED) is 0.783. The van der Waals surface area contributed by atoms with Gasteiger partial charge in [-0.05, 0) is 41.5 Å². The van der Waals surface area contributed by atoms with Crippen molar-refractivity contribution in [1.29, 1.82) is 0 Å². The Kier molecular flexibility index (Phi) is 4.63. The van der Waals surface area contributed by atoms with E-state index >= 15 is 0 Å². The maximum atomic E-state index is 12.3. The van der Waals surface area contributed by atoms with Crippen LogP contribution in [-0.2, 0) is 9.47 Å². The third kappa shape index (κ3) is 3.94. The maximum Gasteiger partial charge on any atom is 0.413 e. The van der Waals surface area contributed by atoms with Crippen LogP contribution < -0.4 is 0 Å². The molecule has 0 saturated carbocycles. The molecule has 1 aliphatic rings. The van der Waals surface area contributed by atoms with Gasteiger partial charge in [0.15, 0.2) is 0 Å². The van der Waals surface area contributed by atoms with Gasteiger partial charge >= 0.3 is 6.09 Å². The monoisotopic (exact) mass is 271 g/mol. The average molecular weight is 271 g/mol. The molecule has 1 N–H and O–H groups in total. The number of ether oxygens (including phenoxy) is 2. The molecule has 1 amide bonds. The molecule has 0 aromatic heterocycles. The number of aliphatic hydroxyl groups is 1. The van der Waals surface area contributed by atoms with Gasteiger partial charge in [0.2, 0.25) is 0 Å². The van der Waals surface area contributed by atoms with E-state index in [2.05, 4.69) is 0 Å². The third-order valence-corrected chi connectivity index (χ3v) is 2.89. The summed E-state index contributed by atoms with van der Waals surface area (Å²) in [6.45, 7) is 11.1. The Bertz CT molecular complexity index is 357. The Balaban J connectivity index is 2.93. The lowest BCUT2D eigenvalue weighted by molar-refractivity contribution is -0.0660. The van der Waals surface area contributed by atoms with Crippen LogP contribution >= 0.6 is 0 Å². The summed E-state index contributed by atoms with van der Waals surface area (Å²) in [7, 11) is 0. The first kappa shape index (κ1) is 16.0. The minimum absolute atomic E-state index is 0.289. The lowest BCUT2D eigenvalue weighted by Gasteiger charge is -2.36. The topological polar surface area (TPSA) is 59.0 Å². The second kappa shape index (κ2) is 5.51. The highest BCUT2D eigenvalue weighted by Crippen LogP contribution is 2.31. The van der Waals surface area contributed by atoms with Crippen LogP contribution in [0.4, 0.5) is 4.79 Å². The molecule has 1 aliphatic heterocycles. The van der Waals surface area contributed by atoms with E-state index in [-0.39, 0.29) is 6.61 Å². The average Bonchev–Trinajstić information content (AvgIpc) is 2.51. The first-order chi connectivity index (χ1) is 8.58. The molecule has 0 aromatic carbocycles. The number of rotatable bonds is 2. The largest absolute Gasteiger partial charge is 0.444 e. The van der Waals surface area contributed by atoms with Crippen molar-refractivity contribution in [1.82, 2.24) is 4.90 Å². The van der Waals surface area contributed by atoms with Crippen LogP contribution in [0.3, 0.4) is 0 Å². The number of amides is 1. The Hall–Kier alpha value is -1.07. The van der Waals surface area contributed by atoms with Gasteiger partial charge in [-0.3, -0.25) is 4.90 Å². The summed E-state index contributed by atoms with van der Waals surface area (Å²) in [5, 5.41) is 10.1. The van der Waals surface area contributed by atoms with E-state index in [1.165, 1.54) is 4.90 Å². The summed E-state index contributed by atoms with van der Waals surface area (Å²) in [6, 6.07) is -0.430. The van der Waals surface area contributed by atoms with Crippen molar-refractivity contribution in [3.8, 4) is 0 Å². The Labute approximate surface area is 115 Å². The van der Waals surface area contributed by atoms with Crippen molar-refractivity contribution in [2.24, 2.45) is 0 Å². The summed E-state index contributed by atoms with van der Waals surface area (Å²) < 4.78 is 11.0. The van der Waals surface area contributed by atoms with Crippen LogP contribution in [-0.4, -0.2) is 46.2 Å². The lowest BCUT2D eigenvalue weighted by atomic mass is 10.1. The number of allylic oxidation sites excluding steroid dienone is 1. The van der Waals surface area contributed by atoms with Gasteiger partial charge in [-0.15, -0.1) is 0 Å². The first-order valence-electron chi connectivity index (χ1n) is 6.55. The van der Waals surface area contributed by atoms with E-state index in [1.54, 1.807) is 26.0 Å². The molecule has 0 spiro atoms. The van der Waals surface area contributed by atoms with Gasteiger partial charge in [-0.1, -0.05) is 12.2 Å². The molecular weight excluding hydrogens is 246 g/mol. The van der Waals surface area contributed by atoms with Gasteiger partial charge in [-0.25, -0.2) is 4.79 Å². The molecule has 0 aromatic rings. The summed E-state index contributed by atoms with van der Waals surface area (Å²) in [5.74, 6) is 0. The molecule has 19 heavy (non-hydrogen) atoms. The molecule has 0 aliphatic carbocycles. The summed E-state index contributed by atoms with van der Waals surface area (Å²) >= 11 is 0. The van der Waals surface area contributed by atoms with Crippen LogP contribution in [0.15, 0.2) is 12.2 Å². The SMILES string of the molecule is C/C=C/[C@H](O)[C@@H]1COC(C)(C)N1C(=O)OC(C)(C)C. The van der Waals surface area contributed by atoms with E-state index in [4.69, 9.17) is 9.47 Å². The minimum Gasteiger partial charge on any atom is -0.444 e. The van der Waals surface area contributed by atoms with Gasteiger partial charge < -0.3 is 14.6 Å². The predicted octanol–water partition coefficient (Wildman–Crippen LogP) is 2.30. The van der Waals surface area contributed by atoms with Gasteiger partial charge in [0.25, 0.3) is 0 Å². The number of aliphatic hydroxyl groups excluding tert-OH is 1. The molecule has 5 nitrogen and oxygen atoms in total. The molecule has 1 rings (SSSR count). The zero-order valence-corrected chi connectivity index (χ0v) is 12.6. The molecule has 0 radical (unpaired) electrons. The molecule has 1 fully saturated rings. The normalized spacial score (nSPS) is 24.8. The van der Waals surface area contributed by atoms with Crippen molar-refractivity contribution in [3.63, 3.8) is 0 Å². The van der Waals surface area contributed by atoms with E-state index in [9.17, 15) is 9.90 Å². The van der Waals surface area contributed by atoms with Crippen LogP contribution in [0.5, 0.6) is 0 Å². The number of carbonyl (C=O) groups excluding carboxylic acids is 1. The van der Waals surface area contributed by atoms with Crippen LogP contribution in [0.1, 0.15) is 41.5 Å². The third-order valence-electron chi connectivity index (χ3n) is 2.89. The van der Waals surface area contributed by atoms with E-state index in [1.807, 2.05) is 27.7 Å². The molecule has 5 heteroatoms. The zero-order chi connectivity index (χ0) is 14.8. The van der Waals surface area contributed by atoms with Gasteiger partial charge in [0, 0.05) is 0 Å². The Morgan fingerprint density at radius 1 is 1.53 bits per heavy atom. The fraction of sp³-hybridized carbons (Fsp3) is 0.786. The number of nitrogens with zero attached hydrogens (tertiary/aromatic N) is 1. The van der Waals surface area contributed by atoms with Crippen LogP contribution in [0.25, 0.3) is 0 Å². The zero-order valence-electron chi connectivity index (χ0n) is 12.6. The highest BCUT2D eigenvalue weighted by molar-refractivity contribution is 5.70. The highest BCUT2D eigenvalue weighted by Gasteiger charge is 2.47. The van der Waals surface area contributed by atoms with Crippen molar-refractivity contribution in [2.45, 2.75) is 65.0 Å².